The Kier molecular flexibility index (Phi) is 6.04. The van der Waals surface area contributed by atoms with Gasteiger partial charge in [0.2, 0.25) is 5.91 Å². The van der Waals surface area contributed by atoms with Crippen molar-refractivity contribution in [2.24, 2.45) is 15.9 Å². The predicted octanol–water partition coefficient (Wildman–Crippen LogP) is 5.05. The van der Waals surface area contributed by atoms with Gasteiger partial charge in [0, 0.05) is 70.9 Å². The number of nitrogens with one attached hydrogen (secondary N) is 3. The average Bonchev–Trinajstić information content (AvgIpc) is 3.18. The molecular formula is C30H25N9O. The number of allylic oxidation sites excluding steroid dienone is 1. The minimum Gasteiger partial charge on any atom is -0.357 e. The number of hydrogen-bond donors (Lipinski definition) is 3. The van der Waals surface area contributed by atoms with E-state index in [0.717, 1.165) is 69.8 Å². The molecule has 0 spiro atoms. The van der Waals surface area contributed by atoms with Crippen LogP contribution in [0.15, 0.2) is 89.5 Å². The van der Waals surface area contributed by atoms with Crippen molar-refractivity contribution in [1.82, 2.24) is 19.9 Å². The Morgan fingerprint density at radius 1 is 0.925 bits per heavy atom. The summed E-state index contributed by atoms with van der Waals surface area (Å²) in [5.74, 6) is 0.156. The Labute approximate surface area is 230 Å². The van der Waals surface area contributed by atoms with Crippen LogP contribution in [0, 0.1) is 5.92 Å². The van der Waals surface area contributed by atoms with Crippen molar-refractivity contribution in [3.05, 3.63) is 90.8 Å². The summed E-state index contributed by atoms with van der Waals surface area (Å²) in [7, 11) is 0. The minimum absolute atomic E-state index is 0.0566. The van der Waals surface area contributed by atoms with Crippen molar-refractivity contribution >= 4 is 35.0 Å². The molecule has 1 saturated carbocycles. The van der Waals surface area contributed by atoms with Crippen molar-refractivity contribution in [3.63, 3.8) is 0 Å². The number of hydrogen-bond acceptors (Lipinski definition) is 9. The molecule has 1 fully saturated rings. The number of aromatic nitrogens is 4. The third-order valence-corrected chi connectivity index (χ3v) is 7.35. The van der Waals surface area contributed by atoms with Gasteiger partial charge >= 0.3 is 0 Å². The van der Waals surface area contributed by atoms with Gasteiger partial charge in [0.05, 0.1) is 53.1 Å². The van der Waals surface area contributed by atoms with Crippen LogP contribution in [0.2, 0.25) is 0 Å². The molecular weight excluding hydrogens is 502 g/mol. The molecule has 196 valence electrons. The van der Waals surface area contributed by atoms with Crippen LogP contribution in [0.4, 0.5) is 17.1 Å². The van der Waals surface area contributed by atoms with E-state index in [1.807, 2.05) is 49.1 Å². The van der Waals surface area contributed by atoms with Gasteiger partial charge in [-0.1, -0.05) is 12.5 Å². The van der Waals surface area contributed by atoms with E-state index >= 15 is 0 Å². The zero-order valence-corrected chi connectivity index (χ0v) is 21.5. The number of pyridine rings is 4. The average molecular weight is 528 g/mol. The zero-order valence-electron chi connectivity index (χ0n) is 21.5. The molecule has 0 bridgehead atoms. The van der Waals surface area contributed by atoms with Crippen molar-refractivity contribution in [2.45, 2.75) is 25.8 Å². The molecule has 4 aromatic rings. The van der Waals surface area contributed by atoms with Crippen LogP contribution < -0.4 is 16.0 Å². The summed E-state index contributed by atoms with van der Waals surface area (Å²) in [5, 5.41) is 9.93. The second-order valence-corrected chi connectivity index (χ2v) is 9.91. The first-order valence-corrected chi connectivity index (χ1v) is 13.2. The van der Waals surface area contributed by atoms with Crippen LogP contribution in [-0.2, 0) is 11.3 Å². The quantitative estimate of drug-likeness (QED) is 0.331. The molecule has 10 nitrogen and oxygen atoms in total. The highest BCUT2D eigenvalue weighted by molar-refractivity contribution is 6.18. The molecule has 0 saturated heterocycles. The van der Waals surface area contributed by atoms with Crippen molar-refractivity contribution in [2.75, 3.05) is 16.0 Å². The molecule has 7 rings (SSSR count). The van der Waals surface area contributed by atoms with Crippen LogP contribution in [0.1, 0.15) is 30.5 Å². The van der Waals surface area contributed by atoms with Crippen LogP contribution in [0.5, 0.6) is 0 Å². The smallest absolute Gasteiger partial charge is 0.227 e. The lowest BCUT2D eigenvalue weighted by molar-refractivity contribution is -0.122. The highest BCUT2D eigenvalue weighted by Gasteiger charge is 2.26. The molecule has 2 aliphatic heterocycles. The fraction of sp³-hybridized carbons (Fsp3) is 0.167. The number of rotatable bonds is 5. The number of fused-ring (bicyclic) bond motifs is 2. The number of carbonyl (C=O) groups is 1. The van der Waals surface area contributed by atoms with Crippen LogP contribution in [0.3, 0.4) is 0 Å². The standard InChI is InChI=1S/C30H25N9O/c40-30(18-3-1-4-18)38-22-7-20(10-32-12-22)21-8-23-25(35-11-21)14-34-17-37-28(23)27-16-36-29-24(13-33-15-26(29)39-27)19-5-2-6-31-9-19/h2,5-13,15-18,36,39H,1,3-4,14H2,(H,38,40). The molecule has 0 atom stereocenters. The van der Waals surface area contributed by atoms with E-state index in [9.17, 15) is 4.79 Å². The van der Waals surface area contributed by atoms with Gasteiger partial charge in [0.1, 0.15) is 6.34 Å². The van der Waals surface area contributed by atoms with Crippen molar-refractivity contribution < 1.29 is 4.79 Å². The molecule has 6 heterocycles. The lowest BCUT2D eigenvalue weighted by Crippen LogP contribution is -2.28. The molecule has 10 heteroatoms. The molecule has 4 aromatic heterocycles. The zero-order chi connectivity index (χ0) is 26.9. The third kappa shape index (κ3) is 4.49. The Bertz CT molecular complexity index is 1710. The maximum Gasteiger partial charge on any atom is 0.227 e. The summed E-state index contributed by atoms with van der Waals surface area (Å²) in [4.78, 5) is 39.4. The van der Waals surface area contributed by atoms with Gasteiger partial charge < -0.3 is 16.0 Å². The molecule has 3 N–H and O–H groups in total. The predicted molar refractivity (Wildman–Crippen MR) is 155 cm³/mol. The van der Waals surface area contributed by atoms with E-state index in [2.05, 4.69) is 40.9 Å². The van der Waals surface area contributed by atoms with E-state index in [1.54, 1.807) is 31.1 Å². The molecule has 40 heavy (non-hydrogen) atoms. The molecule has 1 amide bonds. The fourth-order valence-corrected chi connectivity index (χ4v) is 4.98. The molecule has 0 aromatic carbocycles. The summed E-state index contributed by atoms with van der Waals surface area (Å²) in [6.07, 6.45) is 18.9. The van der Waals surface area contributed by atoms with Gasteiger partial charge in [-0.2, -0.15) is 0 Å². The Balaban J connectivity index is 1.20. The molecule has 0 radical (unpaired) electrons. The summed E-state index contributed by atoms with van der Waals surface area (Å²) in [5.41, 5.74) is 9.20. The van der Waals surface area contributed by atoms with Crippen LogP contribution >= 0.6 is 0 Å². The monoisotopic (exact) mass is 527 g/mol. The SMILES string of the molecule is O=C(Nc1cncc(-c2cnc3c(c2)C(C2=CNc4c(cncc4-c4cccnc4)N2)=NC=NC3)c1)C1CCC1. The first-order valence-electron chi connectivity index (χ1n) is 13.2. The first-order chi connectivity index (χ1) is 19.7. The molecule has 3 aliphatic rings. The molecule has 1 aliphatic carbocycles. The van der Waals surface area contributed by atoms with Crippen molar-refractivity contribution in [3.8, 4) is 22.3 Å². The fourth-order valence-electron chi connectivity index (χ4n) is 4.98. The first kappa shape index (κ1) is 23.8. The van der Waals surface area contributed by atoms with Gasteiger partial charge in [-0.3, -0.25) is 29.7 Å². The van der Waals surface area contributed by atoms with Gasteiger partial charge in [-0.15, -0.1) is 0 Å². The maximum atomic E-state index is 12.5. The normalized spacial score (nSPS) is 15.7. The van der Waals surface area contributed by atoms with E-state index in [0.29, 0.717) is 17.9 Å². The summed E-state index contributed by atoms with van der Waals surface area (Å²) in [6, 6.07) is 7.88. The second-order valence-electron chi connectivity index (χ2n) is 9.91. The lowest BCUT2D eigenvalue weighted by atomic mass is 9.85. The van der Waals surface area contributed by atoms with Gasteiger partial charge in [0.25, 0.3) is 0 Å². The topological polar surface area (TPSA) is 129 Å². The Hall–Kier alpha value is -5.25. The van der Waals surface area contributed by atoms with Crippen molar-refractivity contribution in [1.29, 1.82) is 0 Å². The summed E-state index contributed by atoms with van der Waals surface area (Å²) in [6.45, 7) is 0.419. The van der Waals surface area contributed by atoms with Crippen LogP contribution in [-0.4, -0.2) is 37.9 Å². The largest absolute Gasteiger partial charge is 0.357 e. The van der Waals surface area contributed by atoms with E-state index in [-0.39, 0.29) is 11.8 Å². The number of nitrogens with zero attached hydrogens (tertiary/aromatic N) is 6. The second kappa shape index (κ2) is 10.1. The van der Waals surface area contributed by atoms with Gasteiger partial charge in [-0.25, -0.2) is 4.99 Å². The minimum atomic E-state index is 0.0566. The number of aliphatic imine (C=N–C) groups is 2. The maximum absolute atomic E-state index is 12.5. The molecule has 0 unspecified atom stereocenters. The van der Waals surface area contributed by atoms with Gasteiger partial charge in [-0.05, 0) is 31.0 Å². The number of anilines is 3. The number of amides is 1. The summed E-state index contributed by atoms with van der Waals surface area (Å²) >= 11 is 0. The van der Waals surface area contributed by atoms with E-state index in [4.69, 9.17) is 4.98 Å². The van der Waals surface area contributed by atoms with E-state index < -0.39 is 0 Å². The lowest BCUT2D eigenvalue weighted by Gasteiger charge is -2.24. The highest BCUT2D eigenvalue weighted by Crippen LogP contribution is 2.37. The highest BCUT2D eigenvalue weighted by atomic mass is 16.1. The Morgan fingerprint density at radius 2 is 1.80 bits per heavy atom. The third-order valence-electron chi connectivity index (χ3n) is 7.35. The number of carbonyl (C=O) groups excluding carboxylic acids is 1. The van der Waals surface area contributed by atoms with Crippen LogP contribution in [0.25, 0.3) is 22.3 Å². The Morgan fingerprint density at radius 3 is 2.65 bits per heavy atom. The van der Waals surface area contributed by atoms with E-state index in [1.165, 1.54) is 0 Å². The summed E-state index contributed by atoms with van der Waals surface area (Å²) < 4.78 is 0. The van der Waals surface area contributed by atoms with Gasteiger partial charge in [0.15, 0.2) is 0 Å².